The number of hydrogen-bond acceptors (Lipinski definition) is 3. The van der Waals surface area contributed by atoms with Gasteiger partial charge < -0.3 is 15.2 Å². The molecule has 5 heteroatoms. The van der Waals surface area contributed by atoms with Crippen LogP contribution in [0.2, 0.25) is 0 Å². The lowest BCUT2D eigenvalue weighted by atomic mass is 10.0. The van der Waals surface area contributed by atoms with Gasteiger partial charge >= 0.3 is 6.09 Å². The van der Waals surface area contributed by atoms with Gasteiger partial charge in [0.15, 0.2) is 0 Å². The molecule has 1 aromatic carbocycles. The molecule has 0 aliphatic rings. The average molecular weight is 324 g/mol. The summed E-state index contributed by atoms with van der Waals surface area (Å²) in [4.78, 5) is 11.8. The molecule has 0 heterocycles. The van der Waals surface area contributed by atoms with E-state index in [0.29, 0.717) is 17.2 Å². The number of carbonyl (C=O) groups is 1. The summed E-state index contributed by atoms with van der Waals surface area (Å²) < 4.78 is 5.18. The lowest BCUT2D eigenvalue weighted by molar-refractivity contribution is 0.0318. The molecule has 0 spiro atoms. The average Bonchev–Trinajstić information content (AvgIpc) is 2.50. The van der Waals surface area contributed by atoms with Crippen molar-refractivity contribution in [3.05, 3.63) is 58.7 Å². The first kappa shape index (κ1) is 18.3. The summed E-state index contributed by atoms with van der Waals surface area (Å²) in [7, 11) is 0. The van der Waals surface area contributed by atoms with Gasteiger partial charge in [-0.15, -0.1) is 0 Å². The molecule has 1 rings (SSSR count). The van der Waals surface area contributed by atoms with Crippen LogP contribution in [0.3, 0.4) is 0 Å². The third-order valence-corrected chi connectivity index (χ3v) is 3.30. The van der Waals surface area contributed by atoms with Crippen molar-refractivity contribution < 1.29 is 14.6 Å². The number of ether oxygens (including phenoxy) is 1. The van der Waals surface area contributed by atoms with Gasteiger partial charge in [0.05, 0.1) is 0 Å². The summed E-state index contributed by atoms with van der Waals surface area (Å²) in [6.45, 7) is 5.50. The summed E-state index contributed by atoms with van der Waals surface area (Å²) in [5.41, 5.74) is 1.51. The van der Waals surface area contributed by atoms with Crippen LogP contribution in [-0.2, 0) is 11.3 Å². The number of aliphatic hydroxyl groups is 1. The number of benzene rings is 1. The van der Waals surface area contributed by atoms with Crippen molar-refractivity contribution in [2.75, 3.05) is 0 Å². The maximum Gasteiger partial charge on any atom is 0.407 e. The van der Waals surface area contributed by atoms with E-state index in [2.05, 4.69) is 5.32 Å². The first-order valence-corrected chi connectivity index (χ1v) is 7.49. The maximum absolute atomic E-state index is 11.8. The van der Waals surface area contributed by atoms with Gasteiger partial charge in [-0.05, 0) is 31.9 Å². The standard InChI is InChI=1S/C17H22ClNO3/c1-4-8-15(12(2)18)16(20)13(3)22-17(21)19-11-14-9-6-5-7-10-14/h4-10,13,16,20H,11H2,1-3H3,(H,19,21). The predicted octanol–water partition coefficient (Wildman–Crippen LogP) is 3.75. The smallest absolute Gasteiger partial charge is 0.407 e. The lowest BCUT2D eigenvalue weighted by Gasteiger charge is -2.21. The Kier molecular flexibility index (Phi) is 7.71. The number of halogens is 1. The van der Waals surface area contributed by atoms with E-state index in [1.807, 2.05) is 37.3 Å². The van der Waals surface area contributed by atoms with Gasteiger partial charge in [0.25, 0.3) is 0 Å². The molecule has 0 saturated heterocycles. The van der Waals surface area contributed by atoms with Crippen molar-refractivity contribution in [3.8, 4) is 0 Å². The van der Waals surface area contributed by atoms with Gasteiger partial charge in [-0.1, -0.05) is 54.1 Å². The topological polar surface area (TPSA) is 58.6 Å². The van der Waals surface area contributed by atoms with Crippen molar-refractivity contribution in [3.63, 3.8) is 0 Å². The molecule has 2 unspecified atom stereocenters. The minimum Gasteiger partial charge on any atom is -0.443 e. The molecule has 1 aromatic rings. The SMILES string of the molecule is CC=CC(=C(C)Cl)C(O)C(C)OC(=O)NCc1ccccc1. The molecule has 2 N–H and O–H groups in total. The Morgan fingerprint density at radius 1 is 1.41 bits per heavy atom. The Balaban J connectivity index is 2.54. The molecule has 0 aromatic heterocycles. The van der Waals surface area contributed by atoms with Crippen LogP contribution < -0.4 is 5.32 Å². The summed E-state index contributed by atoms with van der Waals surface area (Å²) in [6, 6.07) is 9.51. The lowest BCUT2D eigenvalue weighted by Crippen LogP contribution is -2.34. The first-order valence-electron chi connectivity index (χ1n) is 7.11. The fourth-order valence-electron chi connectivity index (χ4n) is 1.89. The minimum absolute atomic E-state index is 0.370. The largest absolute Gasteiger partial charge is 0.443 e. The van der Waals surface area contributed by atoms with Gasteiger partial charge in [-0.2, -0.15) is 0 Å². The highest BCUT2D eigenvalue weighted by atomic mass is 35.5. The quantitative estimate of drug-likeness (QED) is 0.784. The number of amides is 1. The minimum atomic E-state index is -0.976. The van der Waals surface area contributed by atoms with Gasteiger partial charge in [0.2, 0.25) is 0 Å². The van der Waals surface area contributed by atoms with Crippen LogP contribution in [0.5, 0.6) is 0 Å². The third kappa shape index (κ3) is 5.92. The molecule has 0 aliphatic heterocycles. The Morgan fingerprint density at radius 3 is 2.59 bits per heavy atom. The van der Waals surface area contributed by atoms with Crippen LogP contribution >= 0.6 is 11.6 Å². The second kappa shape index (κ2) is 9.28. The molecule has 120 valence electrons. The third-order valence-electron chi connectivity index (χ3n) is 3.08. The number of carbonyl (C=O) groups excluding carboxylic acids is 1. The molecule has 2 atom stereocenters. The Morgan fingerprint density at radius 2 is 2.05 bits per heavy atom. The monoisotopic (exact) mass is 323 g/mol. The van der Waals surface area contributed by atoms with Crippen LogP contribution in [0, 0.1) is 0 Å². The van der Waals surface area contributed by atoms with E-state index in [4.69, 9.17) is 16.3 Å². The zero-order valence-corrected chi connectivity index (χ0v) is 13.8. The Hall–Kier alpha value is -1.78. The normalized spacial score (nSPS) is 15.1. The van der Waals surface area contributed by atoms with Crippen molar-refractivity contribution in [1.29, 1.82) is 0 Å². The van der Waals surface area contributed by atoms with Crippen molar-refractivity contribution in [2.45, 2.75) is 39.5 Å². The number of allylic oxidation sites excluding steroid dienone is 2. The zero-order chi connectivity index (χ0) is 16.5. The van der Waals surface area contributed by atoms with E-state index in [1.165, 1.54) is 0 Å². The van der Waals surface area contributed by atoms with Crippen molar-refractivity contribution >= 4 is 17.7 Å². The van der Waals surface area contributed by atoms with Crippen LogP contribution in [0.15, 0.2) is 53.1 Å². The van der Waals surface area contributed by atoms with Gasteiger partial charge in [0.1, 0.15) is 12.2 Å². The molecule has 0 aliphatic carbocycles. The first-order chi connectivity index (χ1) is 10.5. The number of alkyl carbamates (subject to hydrolysis) is 1. The van der Waals surface area contributed by atoms with E-state index in [1.54, 1.807) is 26.0 Å². The van der Waals surface area contributed by atoms with Crippen LogP contribution in [0.1, 0.15) is 26.3 Å². The molecule has 0 bridgehead atoms. The van der Waals surface area contributed by atoms with Gasteiger partial charge in [-0.25, -0.2) is 4.79 Å². The molecular formula is C17H22ClNO3. The van der Waals surface area contributed by atoms with Gasteiger partial charge in [-0.3, -0.25) is 0 Å². The molecule has 1 amide bonds. The van der Waals surface area contributed by atoms with Crippen molar-refractivity contribution in [1.82, 2.24) is 5.32 Å². The highest BCUT2D eigenvalue weighted by Gasteiger charge is 2.22. The van der Waals surface area contributed by atoms with E-state index in [9.17, 15) is 9.90 Å². The molecule has 0 radical (unpaired) electrons. The van der Waals surface area contributed by atoms with E-state index in [0.717, 1.165) is 5.56 Å². The number of hydrogen-bond donors (Lipinski definition) is 2. The number of nitrogens with one attached hydrogen (secondary N) is 1. The van der Waals surface area contributed by atoms with Crippen LogP contribution in [0.25, 0.3) is 0 Å². The second-order valence-electron chi connectivity index (χ2n) is 4.88. The molecule has 22 heavy (non-hydrogen) atoms. The predicted molar refractivity (Wildman–Crippen MR) is 88.6 cm³/mol. The molecule has 4 nitrogen and oxygen atoms in total. The summed E-state index contributed by atoms with van der Waals surface area (Å²) in [5, 5.41) is 13.3. The van der Waals surface area contributed by atoms with E-state index >= 15 is 0 Å². The number of aliphatic hydroxyl groups excluding tert-OH is 1. The molecule has 0 fully saturated rings. The summed E-state index contributed by atoms with van der Waals surface area (Å²) in [6.07, 6.45) is 1.20. The molecule has 0 saturated carbocycles. The highest BCUT2D eigenvalue weighted by molar-refractivity contribution is 6.29. The van der Waals surface area contributed by atoms with E-state index < -0.39 is 18.3 Å². The van der Waals surface area contributed by atoms with Gasteiger partial charge in [0, 0.05) is 11.6 Å². The zero-order valence-electron chi connectivity index (χ0n) is 13.0. The van der Waals surface area contributed by atoms with Crippen LogP contribution in [0.4, 0.5) is 4.79 Å². The fourth-order valence-corrected chi connectivity index (χ4v) is 2.07. The van der Waals surface area contributed by atoms with E-state index in [-0.39, 0.29) is 0 Å². The second-order valence-corrected chi connectivity index (χ2v) is 5.45. The Bertz CT molecular complexity index is 536. The van der Waals surface area contributed by atoms with Crippen LogP contribution in [-0.4, -0.2) is 23.4 Å². The highest BCUT2D eigenvalue weighted by Crippen LogP contribution is 2.18. The summed E-state index contributed by atoms with van der Waals surface area (Å²) >= 11 is 5.95. The maximum atomic E-state index is 11.8. The van der Waals surface area contributed by atoms with Crippen molar-refractivity contribution in [2.24, 2.45) is 0 Å². The Labute approximate surface area is 136 Å². The number of rotatable bonds is 6. The summed E-state index contributed by atoms with van der Waals surface area (Å²) in [5.74, 6) is 0. The molecular weight excluding hydrogens is 302 g/mol. The fraction of sp³-hybridized carbons (Fsp3) is 0.353.